The highest BCUT2D eigenvalue weighted by Gasteiger charge is 2.11. The third-order valence-electron chi connectivity index (χ3n) is 1.90. The first-order chi connectivity index (χ1) is 5.33. The molecule has 4 nitrogen and oxygen atoms in total. The third kappa shape index (κ3) is 3.16. The maximum Gasteiger partial charge on any atom is 0.155 e. The minimum Gasteiger partial charge on any atom is -0.368 e. The SMILES string of the molecule is COC(O)CCN1CCNC1. The van der Waals surface area contributed by atoms with Gasteiger partial charge in [-0.1, -0.05) is 0 Å². The van der Waals surface area contributed by atoms with Crippen LogP contribution >= 0.6 is 0 Å². The molecule has 0 aromatic rings. The molecular weight excluding hydrogens is 144 g/mol. The molecule has 66 valence electrons. The molecule has 1 aliphatic heterocycles. The van der Waals surface area contributed by atoms with Crippen molar-refractivity contribution in [1.29, 1.82) is 0 Å². The Morgan fingerprint density at radius 1 is 1.73 bits per heavy atom. The minimum atomic E-state index is -0.601. The molecule has 0 spiro atoms. The minimum absolute atomic E-state index is 0.601. The predicted octanol–water partition coefficient (Wildman–Crippen LogP) is -0.796. The quantitative estimate of drug-likeness (QED) is 0.529. The number of hydrogen-bond donors (Lipinski definition) is 2. The van der Waals surface area contributed by atoms with Crippen LogP contribution in [-0.2, 0) is 4.74 Å². The standard InChI is InChI=1S/C7H16N2O2/c1-11-7(10)2-4-9-5-3-8-6-9/h7-8,10H,2-6H2,1H3. The Morgan fingerprint density at radius 3 is 3.09 bits per heavy atom. The number of methoxy groups -OCH3 is 1. The lowest BCUT2D eigenvalue weighted by Crippen LogP contribution is -2.26. The molecule has 4 heteroatoms. The second-order valence-electron chi connectivity index (χ2n) is 2.76. The summed E-state index contributed by atoms with van der Waals surface area (Å²) in [5.41, 5.74) is 0. The summed E-state index contributed by atoms with van der Waals surface area (Å²) in [5, 5.41) is 12.3. The highest BCUT2D eigenvalue weighted by Crippen LogP contribution is 1.98. The molecule has 1 atom stereocenters. The van der Waals surface area contributed by atoms with Crippen molar-refractivity contribution in [3.8, 4) is 0 Å². The molecule has 2 N–H and O–H groups in total. The van der Waals surface area contributed by atoms with E-state index in [9.17, 15) is 0 Å². The normalized spacial score (nSPS) is 22.4. The molecule has 0 saturated carbocycles. The molecule has 0 aromatic carbocycles. The van der Waals surface area contributed by atoms with E-state index in [0.717, 1.165) is 26.3 Å². The smallest absolute Gasteiger partial charge is 0.155 e. The summed E-state index contributed by atoms with van der Waals surface area (Å²) < 4.78 is 4.72. The summed E-state index contributed by atoms with van der Waals surface area (Å²) >= 11 is 0. The average Bonchev–Trinajstić information content (AvgIpc) is 2.52. The molecule has 0 bridgehead atoms. The Balaban J connectivity index is 2.01. The zero-order valence-corrected chi connectivity index (χ0v) is 6.92. The Hall–Kier alpha value is -0.160. The van der Waals surface area contributed by atoms with Crippen LogP contribution < -0.4 is 5.32 Å². The van der Waals surface area contributed by atoms with Gasteiger partial charge in [0, 0.05) is 39.8 Å². The van der Waals surface area contributed by atoms with E-state index < -0.39 is 6.29 Å². The molecule has 1 saturated heterocycles. The van der Waals surface area contributed by atoms with Gasteiger partial charge in [-0.25, -0.2) is 0 Å². The lowest BCUT2D eigenvalue weighted by molar-refractivity contribution is -0.0813. The van der Waals surface area contributed by atoms with Gasteiger partial charge in [-0.05, 0) is 0 Å². The number of hydrogen-bond acceptors (Lipinski definition) is 4. The van der Waals surface area contributed by atoms with E-state index in [1.54, 1.807) is 0 Å². The van der Waals surface area contributed by atoms with Crippen molar-refractivity contribution in [2.75, 3.05) is 33.4 Å². The molecule has 0 radical (unpaired) electrons. The lowest BCUT2D eigenvalue weighted by atomic mass is 10.4. The van der Waals surface area contributed by atoms with Crippen molar-refractivity contribution in [3.63, 3.8) is 0 Å². The van der Waals surface area contributed by atoms with Gasteiger partial charge >= 0.3 is 0 Å². The highest BCUT2D eigenvalue weighted by molar-refractivity contribution is 4.65. The first-order valence-corrected chi connectivity index (χ1v) is 3.97. The number of ether oxygens (including phenoxy) is 1. The predicted molar refractivity (Wildman–Crippen MR) is 42.1 cm³/mol. The Kier molecular flexibility index (Phi) is 3.79. The van der Waals surface area contributed by atoms with Gasteiger partial charge in [0.2, 0.25) is 0 Å². The van der Waals surface area contributed by atoms with Gasteiger partial charge in [-0.3, -0.25) is 4.90 Å². The summed E-state index contributed by atoms with van der Waals surface area (Å²) in [5.74, 6) is 0. The maximum atomic E-state index is 9.05. The molecule has 11 heavy (non-hydrogen) atoms. The fourth-order valence-corrected chi connectivity index (χ4v) is 1.16. The van der Waals surface area contributed by atoms with Crippen molar-refractivity contribution in [3.05, 3.63) is 0 Å². The third-order valence-corrected chi connectivity index (χ3v) is 1.90. The van der Waals surface area contributed by atoms with Crippen LogP contribution in [-0.4, -0.2) is 49.7 Å². The summed E-state index contributed by atoms with van der Waals surface area (Å²) in [6.45, 7) is 3.98. The van der Waals surface area contributed by atoms with Crippen LogP contribution in [0.15, 0.2) is 0 Å². The Morgan fingerprint density at radius 2 is 2.55 bits per heavy atom. The van der Waals surface area contributed by atoms with E-state index in [-0.39, 0.29) is 0 Å². The molecule has 1 heterocycles. The zero-order chi connectivity index (χ0) is 8.10. The van der Waals surface area contributed by atoms with Gasteiger partial charge in [0.25, 0.3) is 0 Å². The summed E-state index contributed by atoms with van der Waals surface area (Å²) in [7, 11) is 1.52. The average molecular weight is 160 g/mol. The molecular formula is C7H16N2O2. The van der Waals surface area contributed by atoms with Crippen molar-refractivity contribution >= 4 is 0 Å². The van der Waals surface area contributed by atoms with Crippen LogP contribution in [0, 0.1) is 0 Å². The molecule has 1 aliphatic rings. The van der Waals surface area contributed by atoms with Crippen LogP contribution in [0.1, 0.15) is 6.42 Å². The first-order valence-electron chi connectivity index (χ1n) is 3.97. The van der Waals surface area contributed by atoms with Crippen LogP contribution in [0.2, 0.25) is 0 Å². The van der Waals surface area contributed by atoms with Gasteiger partial charge in [0.1, 0.15) is 0 Å². The number of rotatable bonds is 4. The van der Waals surface area contributed by atoms with Crippen molar-refractivity contribution in [1.82, 2.24) is 10.2 Å². The Labute approximate surface area is 67.1 Å². The molecule has 1 rings (SSSR count). The molecule has 0 amide bonds. The van der Waals surface area contributed by atoms with Crippen LogP contribution in [0.5, 0.6) is 0 Å². The van der Waals surface area contributed by atoms with Gasteiger partial charge in [0.15, 0.2) is 6.29 Å². The zero-order valence-electron chi connectivity index (χ0n) is 6.92. The largest absolute Gasteiger partial charge is 0.368 e. The van der Waals surface area contributed by atoms with Gasteiger partial charge in [-0.15, -0.1) is 0 Å². The van der Waals surface area contributed by atoms with Crippen LogP contribution in [0.3, 0.4) is 0 Å². The van der Waals surface area contributed by atoms with E-state index in [0.29, 0.717) is 6.42 Å². The van der Waals surface area contributed by atoms with Crippen molar-refractivity contribution in [2.24, 2.45) is 0 Å². The molecule has 1 fully saturated rings. The topological polar surface area (TPSA) is 44.7 Å². The highest BCUT2D eigenvalue weighted by atomic mass is 16.6. The van der Waals surface area contributed by atoms with E-state index in [2.05, 4.69) is 10.2 Å². The van der Waals surface area contributed by atoms with Crippen LogP contribution in [0.4, 0.5) is 0 Å². The van der Waals surface area contributed by atoms with Crippen molar-refractivity contribution < 1.29 is 9.84 Å². The van der Waals surface area contributed by atoms with E-state index in [1.807, 2.05) is 0 Å². The molecule has 1 unspecified atom stereocenters. The van der Waals surface area contributed by atoms with E-state index in [4.69, 9.17) is 9.84 Å². The molecule has 0 aromatic heterocycles. The number of aliphatic hydroxyl groups excluding tert-OH is 1. The Bertz CT molecular complexity index is 105. The second-order valence-corrected chi connectivity index (χ2v) is 2.76. The van der Waals surface area contributed by atoms with Crippen molar-refractivity contribution in [2.45, 2.75) is 12.7 Å². The fraction of sp³-hybridized carbons (Fsp3) is 1.00. The fourth-order valence-electron chi connectivity index (χ4n) is 1.16. The number of nitrogens with one attached hydrogen (secondary N) is 1. The van der Waals surface area contributed by atoms with E-state index >= 15 is 0 Å². The van der Waals surface area contributed by atoms with Gasteiger partial charge < -0.3 is 15.2 Å². The van der Waals surface area contributed by atoms with Crippen LogP contribution in [0.25, 0.3) is 0 Å². The van der Waals surface area contributed by atoms with Gasteiger partial charge in [-0.2, -0.15) is 0 Å². The molecule has 0 aliphatic carbocycles. The first kappa shape index (κ1) is 8.93. The summed E-state index contributed by atoms with van der Waals surface area (Å²) in [6.07, 6.45) is 0.0913. The van der Waals surface area contributed by atoms with Gasteiger partial charge in [0.05, 0.1) is 0 Å². The number of aliphatic hydroxyl groups is 1. The summed E-state index contributed by atoms with van der Waals surface area (Å²) in [6, 6.07) is 0. The maximum absolute atomic E-state index is 9.05. The van der Waals surface area contributed by atoms with E-state index in [1.165, 1.54) is 7.11 Å². The number of nitrogens with zero attached hydrogens (tertiary/aromatic N) is 1. The monoisotopic (exact) mass is 160 g/mol. The summed E-state index contributed by atoms with van der Waals surface area (Å²) in [4.78, 5) is 2.25. The lowest BCUT2D eigenvalue weighted by Gasteiger charge is -2.15. The second kappa shape index (κ2) is 4.66.